The third-order valence-electron chi connectivity index (χ3n) is 4.70. The van der Waals surface area contributed by atoms with Gasteiger partial charge in [-0.2, -0.15) is 0 Å². The number of amides is 2. The largest absolute Gasteiger partial charge is 0.426 e. The van der Waals surface area contributed by atoms with Gasteiger partial charge >= 0.3 is 5.97 Å². The average molecular weight is 386 g/mol. The molecule has 6 nitrogen and oxygen atoms in total. The smallest absolute Gasteiger partial charge is 0.311 e. The van der Waals surface area contributed by atoms with E-state index in [4.69, 9.17) is 10.5 Å². The average Bonchev–Trinajstić information content (AvgIpc) is 2.98. The van der Waals surface area contributed by atoms with Gasteiger partial charge in [-0.05, 0) is 54.4 Å². The van der Waals surface area contributed by atoms with Gasteiger partial charge in [0, 0.05) is 12.1 Å². The van der Waals surface area contributed by atoms with Crippen LogP contribution in [0, 0.1) is 0 Å². The summed E-state index contributed by atoms with van der Waals surface area (Å²) in [6.45, 7) is 0. The highest BCUT2D eigenvalue weighted by Gasteiger charge is 2.37. The molecule has 1 aliphatic heterocycles. The minimum absolute atomic E-state index is 0.185. The van der Waals surface area contributed by atoms with Crippen LogP contribution in [0.25, 0.3) is 0 Å². The number of hydrogen-bond donors (Lipinski definition) is 1. The number of nitrogens with two attached hydrogens (primary N) is 1. The van der Waals surface area contributed by atoms with Gasteiger partial charge in [0.2, 0.25) is 0 Å². The summed E-state index contributed by atoms with van der Waals surface area (Å²) in [5, 5.41) is 0. The maximum Gasteiger partial charge on any atom is 0.311 e. The Morgan fingerprint density at radius 1 is 0.862 bits per heavy atom. The number of imide groups is 1. The molecular weight excluding hydrogens is 368 g/mol. The van der Waals surface area contributed by atoms with E-state index < -0.39 is 17.8 Å². The van der Waals surface area contributed by atoms with E-state index in [9.17, 15) is 14.4 Å². The lowest BCUT2D eigenvalue weighted by molar-refractivity contribution is -0.134. The quantitative estimate of drug-likeness (QED) is 0.313. The lowest BCUT2D eigenvalue weighted by atomic mass is 10.1. The number of benzene rings is 3. The number of esters is 1. The molecule has 0 radical (unpaired) electrons. The number of ether oxygens (including phenoxy) is 1. The summed E-state index contributed by atoms with van der Waals surface area (Å²) in [6, 6.07) is 20.5. The Hall–Kier alpha value is -3.93. The molecule has 0 spiro atoms. The van der Waals surface area contributed by atoms with Gasteiger partial charge < -0.3 is 10.5 Å². The summed E-state index contributed by atoms with van der Waals surface area (Å²) in [7, 11) is 0. The second-order valence-corrected chi connectivity index (χ2v) is 6.70. The van der Waals surface area contributed by atoms with Crippen LogP contribution in [0.1, 0.15) is 32.7 Å². The Kier molecular flexibility index (Phi) is 4.83. The molecule has 3 aromatic rings. The molecule has 144 valence electrons. The van der Waals surface area contributed by atoms with E-state index in [0.717, 1.165) is 10.5 Å². The first-order valence-corrected chi connectivity index (χ1v) is 9.16. The number of para-hydroxylation sites is 1. The summed E-state index contributed by atoms with van der Waals surface area (Å²) in [6.07, 6.45) is 0.702. The van der Waals surface area contributed by atoms with Gasteiger partial charge in [-0.1, -0.05) is 30.3 Å². The maximum absolute atomic E-state index is 12.7. The first kappa shape index (κ1) is 18.4. The SMILES string of the molecule is Nc1ccc(CCC(=O)Oc2ccc3c(c2)C(=O)N(c2ccccc2)C3=O)cc1. The van der Waals surface area contributed by atoms with Gasteiger partial charge in [-0.15, -0.1) is 0 Å². The third kappa shape index (κ3) is 3.73. The van der Waals surface area contributed by atoms with Crippen molar-refractivity contribution >= 4 is 29.2 Å². The Balaban J connectivity index is 1.46. The number of nitrogen functional groups attached to an aromatic ring is 1. The monoisotopic (exact) mass is 386 g/mol. The summed E-state index contributed by atoms with van der Waals surface area (Å²) in [4.78, 5) is 38.6. The van der Waals surface area contributed by atoms with Gasteiger partial charge in [0.15, 0.2) is 0 Å². The van der Waals surface area contributed by atoms with Crippen LogP contribution in [0.3, 0.4) is 0 Å². The lowest BCUT2D eigenvalue weighted by Crippen LogP contribution is -2.29. The van der Waals surface area contributed by atoms with Crippen LogP contribution in [-0.4, -0.2) is 17.8 Å². The summed E-state index contributed by atoms with van der Waals surface area (Å²) < 4.78 is 5.36. The van der Waals surface area contributed by atoms with E-state index in [1.807, 2.05) is 18.2 Å². The van der Waals surface area contributed by atoms with Crippen LogP contribution in [0.5, 0.6) is 5.75 Å². The Morgan fingerprint density at radius 2 is 1.55 bits per heavy atom. The number of carbonyl (C=O) groups is 3. The zero-order chi connectivity index (χ0) is 20.4. The minimum atomic E-state index is -0.434. The van der Waals surface area contributed by atoms with E-state index >= 15 is 0 Å². The van der Waals surface area contributed by atoms with Crippen molar-refractivity contribution in [3.05, 3.63) is 89.5 Å². The number of nitrogens with zero attached hydrogens (tertiary/aromatic N) is 1. The highest BCUT2D eigenvalue weighted by atomic mass is 16.5. The van der Waals surface area contributed by atoms with Gasteiger partial charge in [-0.25, -0.2) is 4.90 Å². The van der Waals surface area contributed by atoms with Crippen molar-refractivity contribution in [1.82, 2.24) is 0 Å². The molecule has 0 saturated heterocycles. The molecule has 0 fully saturated rings. The fraction of sp³-hybridized carbons (Fsp3) is 0.0870. The van der Waals surface area contributed by atoms with Crippen molar-refractivity contribution in [2.24, 2.45) is 0 Å². The molecule has 3 aromatic carbocycles. The van der Waals surface area contributed by atoms with Gasteiger partial charge in [-0.3, -0.25) is 14.4 Å². The number of carbonyl (C=O) groups excluding carboxylic acids is 3. The van der Waals surface area contributed by atoms with Gasteiger partial charge in [0.25, 0.3) is 11.8 Å². The van der Waals surface area contributed by atoms with E-state index in [-0.39, 0.29) is 17.7 Å². The predicted octanol–water partition coefficient (Wildman–Crippen LogP) is 3.61. The van der Waals surface area contributed by atoms with E-state index in [2.05, 4.69) is 0 Å². The van der Waals surface area contributed by atoms with Gasteiger partial charge in [0.05, 0.1) is 16.8 Å². The summed E-state index contributed by atoms with van der Waals surface area (Å²) in [5.74, 6) is -1.01. The molecular formula is C23H18N2O4. The number of aryl methyl sites for hydroxylation is 1. The number of rotatable bonds is 5. The number of anilines is 2. The van der Waals surface area contributed by atoms with Crippen molar-refractivity contribution in [2.75, 3.05) is 10.6 Å². The predicted molar refractivity (Wildman–Crippen MR) is 109 cm³/mol. The van der Waals surface area contributed by atoms with Gasteiger partial charge in [0.1, 0.15) is 5.75 Å². The van der Waals surface area contributed by atoms with Crippen molar-refractivity contribution in [3.63, 3.8) is 0 Å². The lowest BCUT2D eigenvalue weighted by Gasteiger charge is -2.13. The van der Waals surface area contributed by atoms with E-state index in [0.29, 0.717) is 23.4 Å². The Morgan fingerprint density at radius 3 is 2.28 bits per heavy atom. The fourth-order valence-electron chi connectivity index (χ4n) is 3.21. The zero-order valence-electron chi connectivity index (χ0n) is 15.5. The summed E-state index contributed by atoms with van der Waals surface area (Å²) in [5.41, 5.74) is 8.31. The Labute approximate surface area is 167 Å². The molecule has 29 heavy (non-hydrogen) atoms. The molecule has 2 amide bonds. The highest BCUT2D eigenvalue weighted by molar-refractivity contribution is 6.34. The highest BCUT2D eigenvalue weighted by Crippen LogP contribution is 2.30. The molecule has 0 aromatic heterocycles. The normalized spacial score (nSPS) is 12.8. The molecule has 1 heterocycles. The van der Waals surface area contributed by atoms with E-state index in [1.165, 1.54) is 18.2 Å². The van der Waals surface area contributed by atoms with Crippen LogP contribution >= 0.6 is 0 Å². The van der Waals surface area contributed by atoms with Crippen LogP contribution in [0.15, 0.2) is 72.8 Å². The Bertz CT molecular complexity index is 1090. The number of fused-ring (bicyclic) bond motifs is 1. The van der Waals surface area contributed by atoms with Crippen LogP contribution < -0.4 is 15.4 Å². The molecule has 6 heteroatoms. The van der Waals surface area contributed by atoms with Crippen molar-refractivity contribution in [2.45, 2.75) is 12.8 Å². The van der Waals surface area contributed by atoms with Crippen LogP contribution in [-0.2, 0) is 11.2 Å². The maximum atomic E-state index is 12.7. The molecule has 0 atom stereocenters. The molecule has 0 unspecified atom stereocenters. The minimum Gasteiger partial charge on any atom is -0.426 e. The molecule has 0 saturated carbocycles. The number of hydrogen-bond acceptors (Lipinski definition) is 5. The van der Waals surface area contributed by atoms with Crippen molar-refractivity contribution in [3.8, 4) is 5.75 Å². The first-order chi connectivity index (χ1) is 14.0. The van der Waals surface area contributed by atoms with Crippen molar-refractivity contribution in [1.29, 1.82) is 0 Å². The van der Waals surface area contributed by atoms with Crippen LogP contribution in [0.2, 0.25) is 0 Å². The molecule has 0 aliphatic carbocycles. The topological polar surface area (TPSA) is 89.7 Å². The zero-order valence-corrected chi connectivity index (χ0v) is 15.5. The first-order valence-electron chi connectivity index (χ1n) is 9.16. The summed E-state index contributed by atoms with van der Waals surface area (Å²) >= 11 is 0. The third-order valence-corrected chi connectivity index (χ3v) is 4.70. The second-order valence-electron chi connectivity index (χ2n) is 6.70. The molecule has 2 N–H and O–H groups in total. The fourth-order valence-corrected chi connectivity index (χ4v) is 3.21. The molecule has 4 rings (SSSR count). The van der Waals surface area contributed by atoms with Crippen LogP contribution in [0.4, 0.5) is 11.4 Å². The standard InChI is InChI=1S/C23H18N2O4/c24-16-9-6-15(7-10-16)8-13-21(26)29-18-11-12-19-20(14-18)23(28)25(22(19)27)17-4-2-1-3-5-17/h1-7,9-12,14H,8,13,24H2. The molecule has 1 aliphatic rings. The van der Waals surface area contributed by atoms with Crippen molar-refractivity contribution < 1.29 is 19.1 Å². The second kappa shape index (κ2) is 7.59. The van der Waals surface area contributed by atoms with E-state index in [1.54, 1.807) is 36.4 Å². The molecule has 0 bridgehead atoms.